The summed E-state index contributed by atoms with van der Waals surface area (Å²) in [5.41, 5.74) is 0.409. The zero-order valence-corrected chi connectivity index (χ0v) is 12.9. The second-order valence-electron chi connectivity index (χ2n) is 5.82. The smallest absolute Gasteiger partial charge is 0.272 e. The minimum absolute atomic E-state index is 0.0582. The lowest BCUT2D eigenvalue weighted by Gasteiger charge is -2.37. The minimum Gasteiger partial charge on any atom is -0.375 e. The van der Waals surface area contributed by atoms with Crippen LogP contribution in [0.3, 0.4) is 0 Å². The fourth-order valence-electron chi connectivity index (χ4n) is 3.09. The maximum Gasteiger partial charge on any atom is 0.272 e. The Labute approximate surface area is 129 Å². The number of carbonyl (C=O) groups excluding carboxylic acids is 1. The number of hydrogen-bond donors (Lipinski definition) is 0. The number of likely N-dealkylation sites (N-methyl/N-ethyl adjacent to an activating group) is 1. The van der Waals surface area contributed by atoms with Crippen LogP contribution in [0.5, 0.6) is 0 Å². The van der Waals surface area contributed by atoms with Crippen LogP contribution in [-0.2, 0) is 4.74 Å². The Morgan fingerprint density at radius 3 is 3.05 bits per heavy atom. The summed E-state index contributed by atoms with van der Waals surface area (Å²) in [7, 11) is 2.12. The Balaban J connectivity index is 1.69. The molecular formula is C15H20ClN3O2. The molecule has 2 unspecified atom stereocenters. The van der Waals surface area contributed by atoms with E-state index in [9.17, 15) is 4.79 Å². The van der Waals surface area contributed by atoms with Crippen LogP contribution in [0.4, 0.5) is 0 Å². The first-order valence-corrected chi connectivity index (χ1v) is 7.73. The predicted octanol–water partition coefficient (Wildman–Crippen LogP) is 1.53. The van der Waals surface area contributed by atoms with Crippen LogP contribution in [0.1, 0.15) is 16.9 Å². The van der Waals surface area contributed by atoms with Crippen molar-refractivity contribution in [2.24, 2.45) is 5.92 Å². The van der Waals surface area contributed by atoms with E-state index in [1.54, 1.807) is 18.2 Å². The third-order valence-corrected chi connectivity index (χ3v) is 4.48. The third kappa shape index (κ3) is 3.36. The van der Waals surface area contributed by atoms with Gasteiger partial charge in [-0.25, -0.2) is 4.98 Å². The normalized spacial score (nSPS) is 27.0. The Morgan fingerprint density at radius 1 is 1.38 bits per heavy atom. The molecule has 0 saturated carbocycles. The van der Waals surface area contributed by atoms with E-state index in [4.69, 9.17) is 16.3 Å². The highest BCUT2D eigenvalue weighted by atomic mass is 35.5. The van der Waals surface area contributed by atoms with Crippen molar-refractivity contribution in [3.05, 3.63) is 29.0 Å². The lowest BCUT2D eigenvalue weighted by molar-refractivity contribution is -0.0172. The fourth-order valence-corrected chi connectivity index (χ4v) is 3.25. The summed E-state index contributed by atoms with van der Waals surface area (Å²) in [5.74, 6) is 0.450. The van der Waals surface area contributed by atoms with E-state index in [0.29, 0.717) is 23.3 Å². The second-order valence-corrected chi connectivity index (χ2v) is 6.20. The van der Waals surface area contributed by atoms with Crippen LogP contribution >= 0.6 is 11.6 Å². The number of carbonyl (C=O) groups is 1. The quantitative estimate of drug-likeness (QED) is 0.738. The molecule has 2 aliphatic heterocycles. The maximum atomic E-state index is 12.5. The summed E-state index contributed by atoms with van der Waals surface area (Å²) >= 11 is 5.86. The number of amides is 1. The van der Waals surface area contributed by atoms with E-state index < -0.39 is 0 Å². The maximum absolute atomic E-state index is 12.5. The van der Waals surface area contributed by atoms with Crippen molar-refractivity contribution in [2.45, 2.75) is 12.5 Å². The van der Waals surface area contributed by atoms with Gasteiger partial charge in [-0.05, 0) is 25.6 Å². The van der Waals surface area contributed by atoms with E-state index in [2.05, 4.69) is 16.9 Å². The summed E-state index contributed by atoms with van der Waals surface area (Å²) in [6.45, 7) is 4.13. The summed E-state index contributed by atoms with van der Waals surface area (Å²) in [6, 6.07) is 5.14. The first-order valence-electron chi connectivity index (χ1n) is 7.35. The zero-order chi connectivity index (χ0) is 14.8. The summed E-state index contributed by atoms with van der Waals surface area (Å²) < 4.78 is 5.94. The third-order valence-electron chi connectivity index (χ3n) is 4.27. The van der Waals surface area contributed by atoms with Crippen LogP contribution in [-0.4, -0.2) is 66.6 Å². The number of fused-ring (bicyclic) bond motifs is 1. The van der Waals surface area contributed by atoms with Gasteiger partial charge in [-0.3, -0.25) is 4.79 Å². The second kappa shape index (κ2) is 6.30. The standard InChI is InChI=1S/C15H20ClN3O2/c1-18-7-8-21-13-10-19(6-5-11(13)9-18)15(20)12-3-2-4-14(16)17-12/h2-4,11,13H,5-10H2,1H3. The molecule has 5 nitrogen and oxygen atoms in total. The van der Waals surface area contributed by atoms with Gasteiger partial charge in [0.2, 0.25) is 0 Å². The van der Waals surface area contributed by atoms with Crippen molar-refractivity contribution in [2.75, 3.05) is 39.8 Å². The van der Waals surface area contributed by atoms with Crippen molar-refractivity contribution in [1.82, 2.24) is 14.8 Å². The molecule has 6 heteroatoms. The number of aromatic nitrogens is 1. The van der Waals surface area contributed by atoms with Gasteiger partial charge >= 0.3 is 0 Å². The van der Waals surface area contributed by atoms with E-state index in [1.807, 2.05) is 4.90 Å². The Morgan fingerprint density at radius 2 is 2.24 bits per heavy atom. The SMILES string of the molecule is CN1CCOC2CN(C(=O)c3cccc(Cl)n3)CCC2C1. The number of nitrogens with zero attached hydrogens (tertiary/aromatic N) is 3. The highest BCUT2D eigenvalue weighted by Crippen LogP contribution is 2.24. The molecule has 21 heavy (non-hydrogen) atoms. The first-order chi connectivity index (χ1) is 10.1. The van der Waals surface area contributed by atoms with Gasteiger partial charge in [-0.2, -0.15) is 0 Å². The molecule has 0 radical (unpaired) electrons. The van der Waals surface area contributed by atoms with Crippen molar-refractivity contribution < 1.29 is 9.53 Å². The average molecular weight is 310 g/mol. The summed E-state index contributed by atoms with van der Waals surface area (Å²) in [4.78, 5) is 20.8. The van der Waals surface area contributed by atoms with Gasteiger partial charge < -0.3 is 14.5 Å². The molecule has 2 fully saturated rings. The predicted molar refractivity (Wildman–Crippen MR) is 80.5 cm³/mol. The molecule has 0 N–H and O–H groups in total. The highest BCUT2D eigenvalue weighted by Gasteiger charge is 2.34. The number of pyridine rings is 1. The molecule has 0 aromatic carbocycles. The number of halogens is 1. The van der Waals surface area contributed by atoms with Crippen molar-refractivity contribution in [3.63, 3.8) is 0 Å². The molecule has 2 aliphatic rings. The number of ether oxygens (including phenoxy) is 1. The topological polar surface area (TPSA) is 45.7 Å². The van der Waals surface area contributed by atoms with Gasteiger partial charge in [0.15, 0.2) is 0 Å². The first kappa shape index (κ1) is 14.8. The molecule has 2 saturated heterocycles. The largest absolute Gasteiger partial charge is 0.375 e. The zero-order valence-electron chi connectivity index (χ0n) is 12.2. The van der Waals surface area contributed by atoms with Crippen LogP contribution in [0.25, 0.3) is 0 Å². The molecule has 1 amide bonds. The van der Waals surface area contributed by atoms with E-state index in [0.717, 1.165) is 32.7 Å². The summed E-state index contributed by atoms with van der Waals surface area (Å²) in [5, 5.41) is 0.350. The Kier molecular flexibility index (Phi) is 4.42. The minimum atomic E-state index is -0.0582. The van der Waals surface area contributed by atoms with Crippen molar-refractivity contribution in [3.8, 4) is 0 Å². The molecule has 0 spiro atoms. The Bertz CT molecular complexity index is 525. The fraction of sp³-hybridized carbons (Fsp3) is 0.600. The van der Waals surface area contributed by atoms with Gasteiger partial charge in [-0.1, -0.05) is 17.7 Å². The number of hydrogen-bond acceptors (Lipinski definition) is 4. The van der Waals surface area contributed by atoms with E-state index in [1.165, 1.54) is 0 Å². The van der Waals surface area contributed by atoms with Gasteiger partial charge in [0, 0.05) is 32.1 Å². The van der Waals surface area contributed by atoms with Crippen molar-refractivity contribution in [1.29, 1.82) is 0 Å². The van der Waals surface area contributed by atoms with Gasteiger partial charge in [-0.15, -0.1) is 0 Å². The molecule has 0 bridgehead atoms. The van der Waals surface area contributed by atoms with Crippen LogP contribution < -0.4 is 0 Å². The monoisotopic (exact) mass is 309 g/mol. The Hall–Kier alpha value is -1.17. The lowest BCUT2D eigenvalue weighted by atomic mass is 9.93. The van der Waals surface area contributed by atoms with Crippen molar-refractivity contribution >= 4 is 17.5 Å². The summed E-state index contributed by atoms with van der Waals surface area (Å²) in [6.07, 6.45) is 1.10. The molecule has 3 heterocycles. The van der Waals surface area contributed by atoms with Crippen LogP contribution in [0, 0.1) is 5.92 Å². The van der Waals surface area contributed by atoms with Crippen LogP contribution in [0.2, 0.25) is 5.15 Å². The molecule has 1 aromatic rings. The molecule has 1 aromatic heterocycles. The molecule has 3 rings (SSSR count). The number of rotatable bonds is 1. The van der Waals surface area contributed by atoms with E-state index >= 15 is 0 Å². The van der Waals surface area contributed by atoms with Gasteiger partial charge in [0.05, 0.1) is 12.7 Å². The molecule has 2 atom stereocenters. The van der Waals surface area contributed by atoms with Gasteiger partial charge in [0.1, 0.15) is 10.8 Å². The molecular weight excluding hydrogens is 290 g/mol. The molecule has 0 aliphatic carbocycles. The van der Waals surface area contributed by atoms with Gasteiger partial charge in [0.25, 0.3) is 5.91 Å². The van der Waals surface area contributed by atoms with Crippen LogP contribution in [0.15, 0.2) is 18.2 Å². The molecule has 114 valence electrons. The highest BCUT2D eigenvalue weighted by molar-refractivity contribution is 6.29. The number of likely N-dealkylation sites (tertiary alicyclic amines) is 1. The van der Waals surface area contributed by atoms with E-state index in [-0.39, 0.29) is 12.0 Å². The lowest BCUT2D eigenvalue weighted by Crippen LogP contribution is -2.49. The number of piperidine rings is 1. The average Bonchev–Trinajstić information content (AvgIpc) is 2.66.